The zero-order valence-corrected chi connectivity index (χ0v) is 14.2. The number of benzene rings is 2. The van der Waals surface area contributed by atoms with Crippen LogP contribution in [0.5, 0.6) is 0 Å². The molecule has 27 heavy (non-hydrogen) atoms. The Morgan fingerprint density at radius 3 is 2.33 bits per heavy atom. The van der Waals surface area contributed by atoms with E-state index in [1.165, 1.54) is 18.2 Å². The molecule has 136 valence electrons. The molecule has 1 aromatic heterocycles. The van der Waals surface area contributed by atoms with Gasteiger partial charge in [0, 0.05) is 17.4 Å². The van der Waals surface area contributed by atoms with Gasteiger partial charge in [0.05, 0.1) is 22.9 Å². The van der Waals surface area contributed by atoms with E-state index in [9.17, 15) is 13.2 Å². The highest BCUT2D eigenvalue weighted by Crippen LogP contribution is 2.35. The third-order valence-corrected chi connectivity index (χ3v) is 3.62. The van der Waals surface area contributed by atoms with Crippen molar-refractivity contribution in [2.45, 2.75) is 13.1 Å². The van der Waals surface area contributed by atoms with E-state index in [4.69, 9.17) is 5.26 Å². The van der Waals surface area contributed by atoms with Crippen molar-refractivity contribution in [3.63, 3.8) is 0 Å². The lowest BCUT2D eigenvalue weighted by Gasteiger charge is -2.15. The zero-order valence-electron chi connectivity index (χ0n) is 14.2. The second-order valence-corrected chi connectivity index (χ2v) is 5.70. The molecular weight excluding hydrogens is 355 g/mol. The van der Waals surface area contributed by atoms with E-state index in [0.717, 1.165) is 6.07 Å². The highest BCUT2D eigenvalue weighted by atomic mass is 19.4. The van der Waals surface area contributed by atoms with E-state index >= 15 is 0 Å². The van der Waals surface area contributed by atoms with Crippen LogP contribution in [-0.2, 0) is 6.18 Å². The summed E-state index contributed by atoms with van der Waals surface area (Å²) in [5.74, 6) is 0.460. The fourth-order valence-corrected chi connectivity index (χ4v) is 2.42. The second-order valence-electron chi connectivity index (χ2n) is 5.70. The van der Waals surface area contributed by atoms with Crippen LogP contribution in [0.2, 0.25) is 0 Å². The molecule has 0 aliphatic carbocycles. The van der Waals surface area contributed by atoms with Gasteiger partial charge < -0.3 is 10.6 Å². The molecule has 0 amide bonds. The summed E-state index contributed by atoms with van der Waals surface area (Å²) in [5, 5.41) is 14.5. The standard InChI is InChI=1S/C19H14F3N5/c1-12-10-17(26-16-5-3-2-4-15(16)19(20,21)22)27-18(24-12)25-14-8-6-13(11-23)7-9-14/h2-10H,1H3,(H2,24,25,26,27). The summed E-state index contributed by atoms with van der Waals surface area (Å²) in [6, 6.07) is 15.4. The number of nitrogens with zero attached hydrogens (tertiary/aromatic N) is 3. The van der Waals surface area contributed by atoms with Gasteiger partial charge in [-0.1, -0.05) is 12.1 Å². The third kappa shape index (κ3) is 4.52. The molecule has 3 rings (SSSR count). The van der Waals surface area contributed by atoms with Gasteiger partial charge in [0.15, 0.2) is 0 Å². The Morgan fingerprint density at radius 1 is 0.963 bits per heavy atom. The zero-order chi connectivity index (χ0) is 19.4. The molecule has 0 radical (unpaired) electrons. The minimum absolute atomic E-state index is 0.0903. The predicted octanol–water partition coefficient (Wildman–Crippen LogP) is 5.16. The van der Waals surface area contributed by atoms with Gasteiger partial charge >= 0.3 is 6.18 Å². The van der Waals surface area contributed by atoms with E-state index in [-0.39, 0.29) is 17.5 Å². The van der Waals surface area contributed by atoms with Crippen LogP contribution in [0.15, 0.2) is 54.6 Å². The topological polar surface area (TPSA) is 73.6 Å². The number of alkyl halides is 3. The first-order valence-electron chi connectivity index (χ1n) is 7.91. The van der Waals surface area contributed by atoms with Crippen LogP contribution in [0.4, 0.5) is 36.3 Å². The molecule has 1 heterocycles. The van der Waals surface area contributed by atoms with Crippen LogP contribution in [0.1, 0.15) is 16.8 Å². The lowest BCUT2D eigenvalue weighted by molar-refractivity contribution is -0.136. The van der Waals surface area contributed by atoms with Crippen molar-refractivity contribution in [2.75, 3.05) is 10.6 Å². The first-order valence-corrected chi connectivity index (χ1v) is 7.91. The molecular formula is C19H14F3N5. The Bertz CT molecular complexity index is 991. The van der Waals surface area contributed by atoms with Crippen molar-refractivity contribution < 1.29 is 13.2 Å². The van der Waals surface area contributed by atoms with Gasteiger partial charge in [-0.15, -0.1) is 0 Å². The molecule has 2 aromatic carbocycles. The number of nitriles is 1. The number of para-hydroxylation sites is 1. The quantitative estimate of drug-likeness (QED) is 0.664. The fourth-order valence-electron chi connectivity index (χ4n) is 2.42. The van der Waals surface area contributed by atoms with E-state index in [1.54, 1.807) is 37.3 Å². The molecule has 0 bridgehead atoms. The number of rotatable bonds is 4. The molecule has 0 fully saturated rings. The van der Waals surface area contributed by atoms with Gasteiger partial charge in [-0.05, 0) is 43.3 Å². The summed E-state index contributed by atoms with van der Waals surface area (Å²) in [7, 11) is 0. The second kappa shape index (κ2) is 7.33. The van der Waals surface area contributed by atoms with Gasteiger partial charge in [-0.3, -0.25) is 0 Å². The Kier molecular flexibility index (Phi) is 4.94. The molecule has 0 aliphatic heterocycles. The molecule has 3 aromatic rings. The van der Waals surface area contributed by atoms with Crippen molar-refractivity contribution in [2.24, 2.45) is 0 Å². The van der Waals surface area contributed by atoms with Gasteiger partial charge in [-0.25, -0.2) is 4.98 Å². The summed E-state index contributed by atoms with van der Waals surface area (Å²) < 4.78 is 39.5. The van der Waals surface area contributed by atoms with Crippen molar-refractivity contribution in [1.82, 2.24) is 9.97 Å². The maximum absolute atomic E-state index is 13.2. The maximum Gasteiger partial charge on any atom is 0.418 e. The lowest BCUT2D eigenvalue weighted by Crippen LogP contribution is -2.09. The average molecular weight is 369 g/mol. The smallest absolute Gasteiger partial charge is 0.340 e. The van der Waals surface area contributed by atoms with Crippen LogP contribution in [0.3, 0.4) is 0 Å². The SMILES string of the molecule is Cc1cc(Nc2ccccc2C(F)(F)F)nc(Nc2ccc(C#N)cc2)n1. The number of hydrogen-bond acceptors (Lipinski definition) is 5. The van der Waals surface area contributed by atoms with Crippen LogP contribution < -0.4 is 10.6 Å². The van der Waals surface area contributed by atoms with Gasteiger partial charge in [-0.2, -0.15) is 23.4 Å². The molecule has 0 atom stereocenters. The first kappa shape index (κ1) is 18.2. The average Bonchev–Trinajstić information content (AvgIpc) is 2.61. The first-order chi connectivity index (χ1) is 12.8. The van der Waals surface area contributed by atoms with E-state index in [0.29, 0.717) is 16.9 Å². The normalized spacial score (nSPS) is 10.9. The number of hydrogen-bond donors (Lipinski definition) is 2. The molecule has 0 aliphatic rings. The molecule has 2 N–H and O–H groups in total. The summed E-state index contributed by atoms with van der Waals surface area (Å²) in [5.41, 5.74) is 0.876. The summed E-state index contributed by atoms with van der Waals surface area (Å²) in [6.45, 7) is 1.71. The Balaban J connectivity index is 1.87. The van der Waals surface area contributed by atoms with Crippen LogP contribution in [-0.4, -0.2) is 9.97 Å². The molecule has 5 nitrogen and oxygen atoms in total. The van der Waals surface area contributed by atoms with Crippen molar-refractivity contribution in [1.29, 1.82) is 5.26 Å². The van der Waals surface area contributed by atoms with Crippen LogP contribution in [0.25, 0.3) is 0 Å². The summed E-state index contributed by atoms with van der Waals surface area (Å²) in [6.07, 6.45) is -4.48. The van der Waals surface area contributed by atoms with Crippen molar-refractivity contribution >= 4 is 23.1 Å². The minimum Gasteiger partial charge on any atom is -0.340 e. The molecule has 8 heteroatoms. The van der Waals surface area contributed by atoms with Crippen LogP contribution >= 0.6 is 0 Å². The molecule has 0 saturated heterocycles. The van der Waals surface area contributed by atoms with E-state index in [2.05, 4.69) is 20.6 Å². The maximum atomic E-state index is 13.2. The molecule has 0 unspecified atom stereocenters. The highest BCUT2D eigenvalue weighted by Gasteiger charge is 2.33. The number of halogens is 3. The number of nitrogens with one attached hydrogen (secondary N) is 2. The van der Waals surface area contributed by atoms with E-state index in [1.807, 2.05) is 6.07 Å². The Morgan fingerprint density at radius 2 is 1.67 bits per heavy atom. The summed E-state index contributed by atoms with van der Waals surface area (Å²) >= 11 is 0. The third-order valence-electron chi connectivity index (χ3n) is 3.62. The fraction of sp³-hybridized carbons (Fsp3) is 0.105. The van der Waals surface area contributed by atoms with E-state index < -0.39 is 11.7 Å². The van der Waals surface area contributed by atoms with Crippen molar-refractivity contribution in [3.8, 4) is 6.07 Å². The van der Waals surface area contributed by atoms with Gasteiger partial charge in [0.1, 0.15) is 5.82 Å². The number of aryl methyl sites for hydroxylation is 1. The Labute approximate surface area is 153 Å². The Hall–Kier alpha value is -3.60. The van der Waals surface area contributed by atoms with Crippen LogP contribution in [0, 0.1) is 18.3 Å². The molecule has 0 spiro atoms. The van der Waals surface area contributed by atoms with Crippen molar-refractivity contribution in [3.05, 3.63) is 71.4 Å². The summed E-state index contributed by atoms with van der Waals surface area (Å²) in [4.78, 5) is 8.46. The number of anilines is 4. The minimum atomic E-state index is -4.48. The monoisotopic (exact) mass is 369 g/mol. The highest BCUT2D eigenvalue weighted by molar-refractivity contribution is 5.63. The predicted molar refractivity (Wildman–Crippen MR) is 95.9 cm³/mol. The molecule has 0 saturated carbocycles. The van der Waals surface area contributed by atoms with Gasteiger partial charge in [0.2, 0.25) is 5.95 Å². The largest absolute Gasteiger partial charge is 0.418 e. The van der Waals surface area contributed by atoms with Gasteiger partial charge in [0.25, 0.3) is 0 Å². The lowest BCUT2D eigenvalue weighted by atomic mass is 10.1. The number of aromatic nitrogens is 2.